The molecule has 136 valence electrons. The van der Waals surface area contributed by atoms with Gasteiger partial charge in [0, 0.05) is 11.3 Å². The fraction of sp³-hybridized carbons (Fsp3) is 0.529. The van der Waals surface area contributed by atoms with Crippen LogP contribution in [0.5, 0.6) is 5.75 Å². The fourth-order valence-electron chi connectivity index (χ4n) is 3.47. The van der Waals surface area contributed by atoms with E-state index in [1.807, 2.05) is 6.92 Å². The molecule has 0 aromatic heterocycles. The number of nitrogens with zero attached hydrogens (tertiary/aromatic N) is 2. The molecule has 1 saturated carbocycles. The van der Waals surface area contributed by atoms with Crippen LogP contribution in [-0.2, 0) is 0 Å². The Morgan fingerprint density at radius 2 is 2.00 bits per heavy atom. The van der Waals surface area contributed by atoms with Gasteiger partial charge < -0.3 is 9.84 Å². The van der Waals surface area contributed by atoms with Gasteiger partial charge in [0.1, 0.15) is 5.75 Å². The van der Waals surface area contributed by atoms with E-state index in [-0.39, 0.29) is 28.6 Å². The minimum Gasteiger partial charge on any atom is -0.497 e. The fourth-order valence-corrected chi connectivity index (χ4v) is 3.47. The van der Waals surface area contributed by atoms with Gasteiger partial charge >= 0.3 is 6.18 Å². The molecule has 3 rings (SSSR count). The Morgan fingerprint density at radius 1 is 1.36 bits per heavy atom. The first-order valence-electron chi connectivity index (χ1n) is 8.03. The molecule has 0 radical (unpaired) electrons. The Hall–Kier alpha value is -2.09. The summed E-state index contributed by atoms with van der Waals surface area (Å²) >= 11 is 0. The third kappa shape index (κ3) is 2.78. The van der Waals surface area contributed by atoms with Crippen LogP contribution in [0.25, 0.3) is 0 Å². The largest absolute Gasteiger partial charge is 0.497 e. The summed E-state index contributed by atoms with van der Waals surface area (Å²) in [4.78, 5) is 12.7. The van der Waals surface area contributed by atoms with Gasteiger partial charge in [-0.15, -0.1) is 0 Å². The van der Waals surface area contributed by atoms with Gasteiger partial charge in [0.15, 0.2) is 0 Å². The summed E-state index contributed by atoms with van der Waals surface area (Å²) in [5.74, 6) is -1.72. The number of hydrogen-bond donors (Lipinski definition) is 1. The van der Waals surface area contributed by atoms with Gasteiger partial charge in [-0.3, -0.25) is 4.79 Å². The van der Waals surface area contributed by atoms with Gasteiger partial charge in [-0.2, -0.15) is 23.3 Å². The van der Waals surface area contributed by atoms with E-state index in [0.717, 1.165) is 0 Å². The Balaban J connectivity index is 2.00. The van der Waals surface area contributed by atoms with Crippen LogP contribution < -0.4 is 4.74 Å². The molecule has 1 heterocycles. The van der Waals surface area contributed by atoms with Crippen LogP contribution in [0, 0.1) is 11.8 Å². The lowest BCUT2D eigenvalue weighted by molar-refractivity contribution is -0.313. The number of alkyl halides is 3. The first-order chi connectivity index (χ1) is 11.7. The first kappa shape index (κ1) is 17.7. The lowest BCUT2D eigenvalue weighted by atomic mass is 9.76. The molecule has 1 aliphatic heterocycles. The quantitative estimate of drug-likeness (QED) is 0.885. The number of hydrazone groups is 1. The molecule has 25 heavy (non-hydrogen) atoms. The predicted molar refractivity (Wildman–Crippen MR) is 84.1 cm³/mol. The van der Waals surface area contributed by atoms with E-state index in [1.165, 1.54) is 31.4 Å². The molecular formula is C17H19F3N2O3. The number of halogens is 3. The molecule has 1 aliphatic carbocycles. The van der Waals surface area contributed by atoms with E-state index in [0.29, 0.717) is 18.6 Å². The van der Waals surface area contributed by atoms with Crippen LogP contribution >= 0.6 is 0 Å². The molecule has 0 saturated heterocycles. The maximum Gasteiger partial charge on any atom is 0.439 e. The smallest absolute Gasteiger partial charge is 0.439 e. The van der Waals surface area contributed by atoms with Crippen molar-refractivity contribution in [1.29, 1.82) is 0 Å². The summed E-state index contributed by atoms with van der Waals surface area (Å²) in [6, 6.07) is 5.64. The minimum atomic E-state index is -5.01. The number of methoxy groups -OCH3 is 1. The summed E-state index contributed by atoms with van der Waals surface area (Å²) in [6.45, 7) is 1.83. The number of hydrogen-bond acceptors (Lipinski definition) is 4. The monoisotopic (exact) mass is 356 g/mol. The zero-order valence-electron chi connectivity index (χ0n) is 13.9. The number of ether oxygens (including phenoxy) is 1. The average molecular weight is 356 g/mol. The standard InChI is InChI=1S/C17H19F3N2O3/c1-10-3-8-14-13(9-10)16(24,17(18,19)20)22(21-14)15(23)11-4-6-12(25-2)7-5-11/h4-7,10,13,24H,3,8-9H2,1-2H3/t10-,13+,16+/m0/s1. The predicted octanol–water partition coefficient (Wildman–Crippen LogP) is 3.19. The molecule has 1 fully saturated rings. The summed E-state index contributed by atoms with van der Waals surface area (Å²) in [6.07, 6.45) is -3.84. The molecular weight excluding hydrogens is 337 g/mol. The van der Waals surface area contributed by atoms with Crippen LogP contribution in [0.4, 0.5) is 13.2 Å². The third-order valence-corrected chi connectivity index (χ3v) is 4.92. The molecule has 5 nitrogen and oxygen atoms in total. The van der Waals surface area contributed by atoms with Crippen LogP contribution in [0.3, 0.4) is 0 Å². The highest BCUT2D eigenvalue weighted by Crippen LogP contribution is 2.49. The Bertz CT molecular complexity index is 702. The molecule has 0 bridgehead atoms. The van der Waals surface area contributed by atoms with Gasteiger partial charge in [-0.1, -0.05) is 6.92 Å². The van der Waals surface area contributed by atoms with Crippen molar-refractivity contribution >= 4 is 11.6 Å². The highest BCUT2D eigenvalue weighted by Gasteiger charge is 2.68. The number of rotatable bonds is 2. The van der Waals surface area contributed by atoms with E-state index >= 15 is 0 Å². The van der Waals surface area contributed by atoms with Crippen molar-refractivity contribution in [3.05, 3.63) is 29.8 Å². The topological polar surface area (TPSA) is 62.1 Å². The number of amides is 1. The second-order valence-corrected chi connectivity index (χ2v) is 6.59. The molecule has 1 aromatic carbocycles. The summed E-state index contributed by atoms with van der Waals surface area (Å²) < 4.78 is 46.2. The second-order valence-electron chi connectivity index (χ2n) is 6.59. The number of carbonyl (C=O) groups is 1. The third-order valence-electron chi connectivity index (χ3n) is 4.92. The number of aliphatic hydroxyl groups is 1. The molecule has 1 aromatic rings. The van der Waals surface area contributed by atoms with Crippen LogP contribution in [0.2, 0.25) is 0 Å². The zero-order valence-corrected chi connectivity index (χ0v) is 13.9. The maximum atomic E-state index is 13.8. The van der Waals surface area contributed by atoms with Crippen molar-refractivity contribution in [2.75, 3.05) is 7.11 Å². The molecule has 1 N–H and O–H groups in total. The molecule has 0 unspecified atom stereocenters. The number of carbonyl (C=O) groups excluding carboxylic acids is 1. The van der Waals surface area contributed by atoms with E-state index < -0.39 is 23.7 Å². The molecule has 3 atom stereocenters. The van der Waals surface area contributed by atoms with E-state index in [2.05, 4.69) is 5.10 Å². The normalized spacial score (nSPS) is 29.2. The Morgan fingerprint density at radius 3 is 2.56 bits per heavy atom. The molecule has 1 amide bonds. The lowest BCUT2D eigenvalue weighted by Gasteiger charge is -2.39. The van der Waals surface area contributed by atoms with Crippen molar-refractivity contribution in [3.63, 3.8) is 0 Å². The zero-order chi connectivity index (χ0) is 18.4. The van der Waals surface area contributed by atoms with Crippen LogP contribution in [0.1, 0.15) is 36.5 Å². The van der Waals surface area contributed by atoms with Crippen molar-refractivity contribution in [2.24, 2.45) is 16.9 Å². The van der Waals surface area contributed by atoms with Crippen LogP contribution in [0.15, 0.2) is 29.4 Å². The highest BCUT2D eigenvalue weighted by molar-refractivity contribution is 5.99. The summed E-state index contributed by atoms with van der Waals surface area (Å²) in [7, 11) is 1.44. The highest BCUT2D eigenvalue weighted by atomic mass is 19.4. The molecule has 2 aliphatic rings. The number of benzene rings is 1. The maximum absolute atomic E-state index is 13.8. The Kier molecular flexibility index (Phi) is 4.26. The van der Waals surface area contributed by atoms with Gasteiger partial charge in [0.25, 0.3) is 11.6 Å². The summed E-state index contributed by atoms with van der Waals surface area (Å²) in [5, 5.41) is 14.7. The van der Waals surface area contributed by atoms with E-state index in [4.69, 9.17) is 4.74 Å². The van der Waals surface area contributed by atoms with Gasteiger partial charge in [0.05, 0.1) is 13.0 Å². The van der Waals surface area contributed by atoms with Crippen molar-refractivity contribution in [3.8, 4) is 5.75 Å². The van der Waals surface area contributed by atoms with Crippen molar-refractivity contribution in [1.82, 2.24) is 5.01 Å². The molecule has 0 spiro atoms. The van der Waals surface area contributed by atoms with E-state index in [9.17, 15) is 23.1 Å². The average Bonchev–Trinajstić information content (AvgIpc) is 2.88. The van der Waals surface area contributed by atoms with Crippen molar-refractivity contribution in [2.45, 2.75) is 38.1 Å². The molecule has 8 heteroatoms. The second kappa shape index (κ2) is 6.01. The van der Waals surface area contributed by atoms with Crippen LogP contribution in [-0.4, -0.2) is 40.7 Å². The first-order valence-corrected chi connectivity index (χ1v) is 8.03. The van der Waals surface area contributed by atoms with Gasteiger partial charge in [-0.05, 0) is 49.4 Å². The van der Waals surface area contributed by atoms with Gasteiger partial charge in [-0.25, -0.2) is 0 Å². The van der Waals surface area contributed by atoms with E-state index in [1.54, 1.807) is 0 Å². The summed E-state index contributed by atoms with van der Waals surface area (Å²) in [5.41, 5.74) is -3.08. The lowest BCUT2D eigenvalue weighted by Crippen LogP contribution is -2.61. The Labute approximate surface area is 143 Å². The number of fused-ring (bicyclic) bond motifs is 1. The van der Waals surface area contributed by atoms with Crippen molar-refractivity contribution < 1.29 is 27.8 Å². The SMILES string of the molecule is COc1ccc(C(=O)N2N=C3CC[C@H](C)C[C@H]3[C@@]2(O)C(F)(F)F)cc1. The van der Waals surface area contributed by atoms with Gasteiger partial charge in [0.2, 0.25) is 0 Å². The minimum absolute atomic E-state index is 0.000444.